The van der Waals surface area contributed by atoms with Gasteiger partial charge in [-0.05, 0) is 17.7 Å². The van der Waals surface area contributed by atoms with E-state index in [-0.39, 0.29) is 6.61 Å². The summed E-state index contributed by atoms with van der Waals surface area (Å²) < 4.78 is 1.07. The van der Waals surface area contributed by atoms with Crippen LogP contribution in [0.25, 0.3) is 0 Å². The average Bonchev–Trinajstić information content (AvgIpc) is 2.41. The number of anilines is 1. The van der Waals surface area contributed by atoms with Crippen LogP contribution in [0.3, 0.4) is 0 Å². The highest BCUT2D eigenvalue weighted by atomic mass is 79.9. The molecule has 0 amide bonds. The summed E-state index contributed by atoms with van der Waals surface area (Å²) in [5.74, 6) is 0.787. The summed E-state index contributed by atoms with van der Waals surface area (Å²) in [6, 6.07) is 8.17. The van der Waals surface area contributed by atoms with Crippen molar-refractivity contribution in [2.45, 2.75) is 13.2 Å². The Bertz CT molecular complexity index is 499. The Balaban J connectivity index is 2.06. The van der Waals surface area contributed by atoms with E-state index in [2.05, 4.69) is 38.0 Å². The zero-order valence-electron chi connectivity index (χ0n) is 10.0. The molecule has 0 unspecified atom stereocenters. The SMILES string of the molecule is CN(Cc1ccc(Br)cc1)c1cnc(CO)cn1. The molecule has 1 aromatic heterocycles. The molecule has 1 aromatic carbocycles. The van der Waals surface area contributed by atoms with Crippen LogP contribution in [-0.4, -0.2) is 22.1 Å². The Kier molecular flexibility index (Phi) is 4.28. The first-order valence-electron chi connectivity index (χ1n) is 5.56. The van der Waals surface area contributed by atoms with Gasteiger partial charge in [-0.2, -0.15) is 0 Å². The van der Waals surface area contributed by atoms with Crippen molar-refractivity contribution >= 4 is 21.7 Å². The van der Waals surface area contributed by atoms with Gasteiger partial charge in [0.05, 0.1) is 24.7 Å². The average molecular weight is 308 g/mol. The van der Waals surface area contributed by atoms with Crippen LogP contribution in [-0.2, 0) is 13.2 Å². The zero-order chi connectivity index (χ0) is 13.0. The minimum absolute atomic E-state index is 0.0797. The molecule has 18 heavy (non-hydrogen) atoms. The van der Waals surface area contributed by atoms with Gasteiger partial charge in [0.2, 0.25) is 0 Å². The van der Waals surface area contributed by atoms with E-state index in [1.807, 2.05) is 24.1 Å². The van der Waals surface area contributed by atoms with E-state index in [9.17, 15) is 0 Å². The van der Waals surface area contributed by atoms with Gasteiger partial charge in [0.25, 0.3) is 0 Å². The molecule has 0 aliphatic rings. The second-order valence-electron chi connectivity index (χ2n) is 4.01. The number of hydrogen-bond acceptors (Lipinski definition) is 4. The van der Waals surface area contributed by atoms with Crippen molar-refractivity contribution in [2.75, 3.05) is 11.9 Å². The maximum Gasteiger partial charge on any atom is 0.147 e. The van der Waals surface area contributed by atoms with Crippen molar-refractivity contribution in [3.8, 4) is 0 Å². The van der Waals surface area contributed by atoms with Crippen molar-refractivity contribution in [1.82, 2.24) is 9.97 Å². The topological polar surface area (TPSA) is 49.2 Å². The van der Waals surface area contributed by atoms with Gasteiger partial charge in [0, 0.05) is 18.1 Å². The largest absolute Gasteiger partial charge is 0.390 e. The van der Waals surface area contributed by atoms with Gasteiger partial charge >= 0.3 is 0 Å². The quantitative estimate of drug-likeness (QED) is 0.942. The molecular formula is C13H14BrN3O. The summed E-state index contributed by atoms with van der Waals surface area (Å²) in [4.78, 5) is 10.4. The molecule has 4 nitrogen and oxygen atoms in total. The molecule has 0 aliphatic heterocycles. The van der Waals surface area contributed by atoms with Gasteiger partial charge in [0.1, 0.15) is 5.82 Å². The number of aromatic nitrogens is 2. The molecule has 0 saturated carbocycles. The third kappa shape index (κ3) is 3.27. The van der Waals surface area contributed by atoms with Crippen LogP contribution in [0.2, 0.25) is 0 Å². The van der Waals surface area contributed by atoms with E-state index in [1.165, 1.54) is 5.56 Å². The predicted molar refractivity (Wildman–Crippen MR) is 74.2 cm³/mol. The third-order valence-corrected chi connectivity index (χ3v) is 3.11. The Morgan fingerprint density at radius 3 is 2.44 bits per heavy atom. The minimum Gasteiger partial charge on any atom is -0.390 e. The van der Waals surface area contributed by atoms with Crippen LogP contribution >= 0.6 is 15.9 Å². The molecule has 0 radical (unpaired) electrons. The van der Waals surface area contributed by atoms with Crippen molar-refractivity contribution in [3.63, 3.8) is 0 Å². The Morgan fingerprint density at radius 1 is 1.17 bits per heavy atom. The van der Waals surface area contributed by atoms with E-state index < -0.39 is 0 Å². The highest BCUT2D eigenvalue weighted by Gasteiger charge is 2.04. The van der Waals surface area contributed by atoms with Gasteiger partial charge in [-0.15, -0.1) is 0 Å². The first-order valence-corrected chi connectivity index (χ1v) is 6.35. The highest BCUT2D eigenvalue weighted by molar-refractivity contribution is 9.10. The summed E-state index contributed by atoms with van der Waals surface area (Å²) in [5.41, 5.74) is 1.78. The summed E-state index contributed by atoms with van der Waals surface area (Å²) in [6.45, 7) is 0.685. The maximum absolute atomic E-state index is 8.91. The third-order valence-electron chi connectivity index (χ3n) is 2.58. The lowest BCUT2D eigenvalue weighted by atomic mass is 10.2. The van der Waals surface area contributed by atoms with Crippen molar-refractivity contribution in [3.05, 3.63) is 52.4 Å². The Hall–Kier alpha value is -1.46. The van der Waals surface area contributed by atoms with Crippen LogP contribution in [0.4, 0.5) is 5.82 Å². The van der Waals surface area contributed by atoms with Crippen LogP contribution in [0.5, 0.6) is 0 Å². The lowest BCUT2D eigenvalue weighted by molar-refractivity contribution is 0.276. The molecule has 1 heterocycles. The molecule has 2 rings (SSSR count). The van der Waals surface area contributed by atoms with Gasteiger partial charge < -0.3 is 10.0 Å². The van der Waals surface area contributed by atoms with Crippen molar-refractivity contribution < 1.29 is 5.11 Å². The van der Waals surface area contributed by atoms with Gasteiger partial charge in [0.15, 0.2) is 0 Å². The minimum atomic E-state index is -0.0797. The lowest BCUT2D eigenvalue weighted by Crippen LogP contribution is -2.18. The van der Waals surface area contributed by atoms with Gasteiger partial charge in [-0.1, -0.05) is 28.1 Å². The van der Waals surface area contributed by atoms with E-state index in [1.54, 1.807) is 12.4 Å². The molecule has 2 aromatic rings. The normalized spacial score (nSPS) is 10.4. The number of aliphatic hydroxyl groups excluding tert-OH is 1. The van der Waals surface area contributed by atoms with Crippen LogP contribution < -0.4 is 4.90 Å². The first-order chi connectivity index (χ1) is 8.69. The summed E-state index contributed by atoms with van der Waals surface area (Å²) >= 11 is 3.41. The van der Waals surface area contributed by atoms with Crippen LogP contribution in [0.15, 0.2) is 41.1 Å². The highest BCUT2D eigenvalue weighted by Crippen LogP contribution is 2.14. The summed E-state index contributed by atoms with van der Waals surface area (Å²) in [5, 5.41) is 8.91. The second-order valence-corrected chi connectivity index (χ2v) is 4.92. The smallest absolute Gasteiger partial charge is 0.147 e. The molecule has 0 fully saturated rings. The Labute approximate surface area is 114 Å². The number of nitrogens with zero attached hydrogens (tertiary/aromatic N) is 3. The molecule has 0 saturated heterocycles. The number of aliphatic hydroxyl groups is 1. The van der Waals surface area contributed by atoms with Gasteiger partial charge in [-0.3, -0.25) is 4.98 Å². The second kappa shape index (κ2) is 5.93. The van der Waals surface area contributed by atoms with E-state index in [4.69, 9.17) is 5.11 Å². The Morgan fingerprint density at radius 2 is 1.89 bits per heavy atom. The van der Waals surface area contributed by atoms with E-state index >= 15 is 0 Å². The molecule has 5 heteroatoms. The molecular weight excluding hydrogens is 294 g/mol. The number of hydrogen-bond donors (Lipinski definition) is 1. The number of halogens is 1. The number of rotatable bonds is 4. The molecule has 0 atom stereocenters. The van der Waals surface area contributed by atoms with E-state index in [0.29, 0.717) is 5.69 Å². The molecule has 0 aliphatic carbocycles. The summed E-state index contributed by atoms with van der Waals surface area (Å²) in [6.07, 6.45) is 3.26. The fourth-order valence-electron chi connectivity index (χ4n) is 1.57. The fourth-order valence-corrected chi connectivity index (χ4v) is 1.84. The number of benzene rings is 1. The lowest BCUT2D eigenvalue weighted by Gasteiger charge is -2.17. The summed E-state index contributed by atoms with van der Waals surface area (Å²) in [7, 11) is 1.96. The monoisotopic (exact) mass is 307 g/mol. The molecule has 94 valence electrons. The first kappa shape index (κ1) is 13.0. The van der Waals surface area contributed by atoms with Gasteiger partial charge in [-0.25, -0.2) is 4.98 Å². The van der Waals surface area contributed by atoms with Crippen LogP contribution in [0.1, 0.15) is 11.3 Å². The standard InChI is InChI=1S/C13H14BrN3O/c1-17(8-10-2-4-11(14)5-3-10)13-7-15-12(9-18)6-16-13/h2-7,18H,8-9H2,1H3. The zero-order valence-corrected chi connectivity index (χ0v) is 11.6. The molecule has 1 N–H and O–H groups in total. The maximum atomic E-state index is 8.91. The fraction of sp³-hybridized carbons (Fsp3) is 0.231. The van der Waals surface area contributed by atoms with Crippen molar-refractivity contribution in [2.24, 2.45) is 0 Å². The van der Waals surface area contributed by atoms with Crippen LogP contribution in [0, 0.1) is 0 Å². The van der Waals surface area contributed by atoms with E-state index in [0.717, 1.165) is 16.8 Å². The molecule has 0 bridgehead atoms. The van der Waals surface area contributed by atoms with Crippen molar-refractivity contribution in [1.29, 1.82) is 0 Å². The molecule has 0 spiro atoms. The predicted octanol–water partition coefficient (Wildman–Crippen LogP) is 2.37.